The fourth-order valence-corrected chi connectivity index (χ4v) is 6.53. The second kappa shape index (κ2) is 10.9. The van der Waals surface area contributed by atoms with Gasteiger partial charge in [0.15, 0.2) is 0 Å². The molecule has 1 aliphatic carbocycles. The van der Waals surface area contributed by atoms with Crippen molar-refractivity contribution in [3.63, 3.8) is 0 Å². The zero-order chi connectivity index (χ0) is 26.0. The summed E-state index contributed by atoms with van der Waals surface area (Å²) in [6.45, 7) is 15.3. The zero-order valence-corrected chi connectivity index (χ0v) is 23.1. The van der Waals surface area contributed by atoms with Crippen LogP contribution in [-0.4, -0.2) is 49.1 Å². The third-order valence-electron chi connectivity index (χ3n) is 8.83. The maximum Gasteiger partial charge on any atom is 0.104 e. The summed E-state index contributed by atoms with van der Waals surface area (Å²) in [6.07, 6.45) is 3.37. The molecule has 37 heavy (non-hydrogen) atoms. The highest BCUT2D eigenvalue weighted by molar-refractivity contribution is 5.58. The van der Waals surface area contributed by atoms with Crippen LogP contribution in [-0.2, 0) is 4.74 Å². The van der Waals surface area contributed by atoms with Crippen molar-refractivity contribution in [3.05, 3.63) is 106 Å². The molecule has 2 aliphatic heterocycles. The first-order chi connectivity index (χ1) is 17.9. The highest BCUT2D eigenvalue weighted by Crippen LogP contribution is 2.50. The molecule has 1 fully saturated rings. The average molecular weight is 498 g/mol. The Balaban J connectivity index is 1.15. The van der Waals surface area contributed by atoms with E-state index in [2.05, 4.69) is 91.2 Å². The van der Waals surface area contributed by atoms with Crippen molar-refractivity contribution < 1.29 is 4.74 Å². The van der Waals surface area contributed by atoms with E-state index in [0.29, 0.717) is 5.92 Å². The van der Waals surface area contributed by atoms with Crippen molar-refractivity contribution in [2.45, 2.75) is 52.9 Å². The molecule has 1 atom stereocenters. The number of rotatable bonds is 8. The van der Waals surface area contributed by atoms with Crippen LogP contribution in [0.3, 0.4) is 0 Å². The van der Waals surface area contributed by atoms with E-state index < -0.39 is 0 Å². The fraction of sp³-hybridized carbons (Fsp3) is 0.455. The van der Waals surface area contributed by atoms with Crippen LogP contribution in [0.4, 0.5) is 0 Å². The van der Waals surface area contributed by atoms with Gasteiger partial charge in [-0.05, 0) is 63.3 Å². The number of nitrogens with zero attached hydrogens (tertiary/aromatic N) is 2. The molecule has 0 bridgehead atoms. The van der Waals surface area contributed by atoms with Crippen LogP contribution >= 0.6 is 0 Å². The first-order valence-corrected chi connectivity index (χ1v) is 14.0. The molecule has 2 aromatic rings. The molecule has 1 unspecified atom stereocenters. The number of benzene rings is 2. The van der Waals surface area contributed by atoms with Gasteiger partial charge in [0.2, 0.25) is 0 Å². The topological polar surface area (TPSA) is 41.7 Å². The van der Waals surface area contributed by atoms with E-state index in [1.54, 1.807) is 0 Å². The summed E-state index contributed by atoms with van der Waals surface area (Å²) in [4.78, 5) is 5.28. The molecule has 3 aliphatic rings. The summed E-state index contributed by atoms with van der Waals surface area (Å²) in [5.74, 6) is 2.48. The quantitative estimate of drug-likeness (QED) is 0.456. The van der Waals surface area contributed by atoms with Gasteiger partial charge in [0, 0.05) is 60.9 Å². The number of ether oxygens (including phenoxy) is 1. The van der Waals surface area contributed by atoms with Gasteiger partial charge < -0.3 is 15.4 Å². The van der Waals surface area contributed by atoms with E-state index in [1.165, 1.54) is 47.2 Å². The Labute approximate surface area is 223 Å². The molecule has 0 radical (unpaired) electrons. The van der Waals surface area contributed by atoms with E-state index >= 15 is 0 Å². The van der Waals surface area contributed by atoms with Gasteiger partial charge in [-0.1, -0.05) is 67.6 Å². The summed E-state index contributed by atoms with van der Waals surface area (Å²) < 4.78 is 6.02. The Morgan fingerprint density at radius 1 is 0.838 bits per heavy atom. The second-order valence-electron chi connectivity index (χ2n) is 11.5. The molecule has 1 saturated heterocycles. The maximum absolute atomic E-state index is 6.84. The summed E-state index contributed by atoms with van der Waals surface area (Å²) in [6, 6.07) is 22.0. The SMILES string of the molecule is CC1=C(C)C2=C(N)C(C)(CN3CCN(CCCC(c4ccccc4)c4ccccc4)CC3)CC2=C(C)O1. The number of fused-ring (bicyclic) bond motifs is 1. The number of hydrogen-bond acceptors (Lipinski definition) is 4. The van der Waals surface area contributed by atoms with Gasteiger partial charge >= 0.3 is 0 Å². The Morgan fingerprint density at radius 3 is 2.00 bits per heavy atom. The molecule has 5 rings (SSSR count). The minimum atomic E-state index is -0.0259. The standard InChI is InChI=1S/C33H43N3O/c1-24-25(2)37-26(3)30-22-33(4,32(34)31(24)30)23-36-20-18-35(19-21-36)17-11-16-29(27-12-7-5-8-13-27)28-14-9-6-10-15-28/h5-10,12-15,29H,11,16-23,34H2,1-4H3. The summed E-state index contributed by atoms with van der Waals surface area (Å²) in [7, 11) is 0. The van der Waals surface area contributed by atoms with Crippen LogP contribution in [0.2, 0.25) is 0 Å². The van der Waals surface area contributed by atoms with Gasteiger partial charge in [0.05, 0.1) is 0 Å². The number of nitrogens with two attached hydrogens (primary N) is 1. The van der Waals surface area contributed by atoms with Gasteiger partial charge in [0.25, 0.3) is 0 Å². The Hall–Kier alpha value is -2.82. The van der Waals surface area contributed by atoms with E-state index in [0.717, 1.165) is 56.4 Å². The van der Waals surface area contributed by atoms with Crippen molar-refractivity contribution in [2.24, 2.45) is 11.1 Å². The highest BCUT2D eigenvalue weighted by Gasteiger charge is 2.43. The predicted octanol–water partition coefficient (Wildman–Crippen LogP) is 6.44. The summed E-state index contributed by atoms with van der Waals surface area (Å²) >= 11 is 0. The van der Waals surface area contributed by atoms with Crippen LogP contribution < -0.4 is 5.73 Å². The number of piperazine rings is 1. The van der Waals surface area contributed by atoms with Crippen LogP contribution in [0.1, 0.15) is 64.0 Å². The first kappa shape index (κ1) is 25.8. The van der Waals surface area contributed by atoms with Crippen molar-refractivity contribution >= 4 is 0 Å². The summed E-state index contributed by atoms with van der Waals surface area (Å²) in [5.41, 5.74) is 14.5. The van der Waals surface area contributed by atoms with Crippen LogP contribution in [0.15, 0.2) is 94.6 Å². The van der Waals surface area contributed by atoms with E-state index in [1.807, 2.05) is 6.92 Å². The van der Waals surface area contributed by atoms with E-state index in [-0.39, 0.29) is 5.41 Å². The normalized spacial score (nSPS) is 23.2. The van der Waals surface area contributed by atoms with Crippen molar-refractivity contribution in [3.8, 4) is 0 Å². The molecule has 2 aromatic carbocycles. The lowest BCUT2D eigenvalue weighted by Gasteiger charge is -2.39. The molecular formula is C33H43N3O. The molecule has 0 saturated carbocycles. The third-order valence-corrected chi connectivity index (χ3v) is 8.83. The van der Waals surface area contributed by atoms with Crippen LogP contribution in [0, 0.1) is 5.41 Å². The molecule has 0 aromatic heterocycles. The van der Waals surface area contributed by atoms with E-state index in [9.17, 15) is 0 Å². The van der Waals surface area contributed by atoms with E-state index in [4.69, 9.17) is 10.5 Å². The lowest BCUT2D eigenvalue weighted by molar-refractivity contribution is 0.102. The molecule has 196 valence electrons. The molecule has 2 N–H and O–H groups in total. The Morgan fingerprint density at radius 2 is 1.41 bits per heavy atom. The summed E-state index contributed by atoms with van der Waals surface area (Å²) in [5, 5.41) is 0. The smallest absolute Gasteiger partial charge is 0.104 e. The van der Waals surface area contributed by atoms with Gasteiger partial charge in [-0.3, -0.25) is 4.90 Å². The Bertz CT molecular complexity index is 1150. The van der Waals surface area contributed by atoms with Gasteiger partial charge in [-0.25, -0.2) is 0 Å². The molecule has 0 amide bonds. The maximum atomic E-state index is 6.84. The minimum Gasteiger partial charge on any atom is -0.466 e. The highest BCUT2D eigenvalue weighted by atomic mass is 16.5. The van der Waals surface area contributed by atoms with Gasteiger partial charge in [0.1, 0.15) is 11.5 Å². The number of allylic oxidation sites excluding steroid dienone is 5. The van der Waals surface area contributed by atoms with Crippen molar-refractivity contribution in [1.82, 2.24) is 9.80 Å². The largest absolute Gasteiger partial charge is 0.466 e. The van der Waals surface area contributed by atoms with Crippen molar-refractivity contribution in [1.29, 1.82) is 0 Å². The van der Waals surface area contributed by atoms with Gasteiger partial charge in [-0.15, -0.1) is 0 Å². The third kappa shape index (κ3) is 5.42. The van der Waals surface area contributed by atoms with Gasteiger partial charge in [-0.2, -0.15) is 0 Å². The fourth-order valence-electron chi connectivity index (χ4n) is 6.53. The molecule has 4 nitrogen and oxygen atoms in total. The Kier molecular flexibility index (Phi) is 7.60. The minimum absolute atomic E-state index is 0.0259. The molecule has 2 heterocycles. The molecule has 0 spiro atoms. The van der Waals surface area contributed by atoms with Crippen LogP contribution in [0.25, 0.3) is 0 Å². The predicted molar refractivity (Wildman–Crippen MR) is 153 cm³/mol. The lowest BCUT2D eigenvalue weighted by Crippen LogP contribution is -2.50. The molecule has 4 heteroatoms. The van der Waals surface area contributed by atoms with Crippen molar-refractivity contribution in [2.75, 3.05) is 39.3 Å². The van der Waals surface area contributed by atoms with Crippen LogP contribution in [0.5, 0.6) is 0 Å². The lowest BCUT2D eigenvalue weighted by atomic mass is 9.85. The second-order valence-corrected chi connectivity index (χ2v) is 11.5. The number of hydrogen-bond donors (Lipinski definition) is 1. The monoisotopic (exact) mass is 497 g/mol. The average Bonchev–Trinajstić information content (AvgIpc) is 3.18. The molecular weight excluding hydrogens is 454 g/mol. The first-order valence-electron chi connectivity index (χ1n) is 14.0. The zero-order valence-electron chi connectivity index (χ0n) is 23.1.